The molecule has 0 saturated carbocycles. The summed E-state index contributed by atoms with van der Waals surface area (Å²) in [5.74, 6) is 0.108. The highest BCUT2D eigenvalue weighted by atomic mass is 35.5. The summed E-state index contributed by atoms with van der Waals surface area (Å²) in [7, 11) is 0. The minimum Gasteiger partial charge on any atom is -0.463 e. The molecule has 1 aromatic rings. The fourth-order valence-corrected chi connectivity index (χ4v) is 1.61. The molecule has 82 valence electrons. The van der Waals surface area contributed by atoms with Crippen molar-refractivity contribution < 1.29 is 13.9 Å². The van der Waals surface area contributed by atoms with E-state index in [0.717, 1.165) is 0 Å². The number of ether oxygens (including phenoxy) is 1. The Morgan fingerprint density at radius 3 is 2.73 bits per heavy atom. The minimum absolute atomic E-state index is 0.197. The molecule has 0 aromatic heterocycles. The third-order valence-corrected chi connectivity index (χ3v) is 2.69. The van der Waals surface area contributed by atoms with Crippen LogP contribution in [0.15, 0.2) is 18.2 Å². The maximum absolute atomic E-state index is 11.9. The molecular formula is C10H9Cl2FO2. The van der Waals surface area contributed by atoms with Crippen LogP contribution >= 0.6 is 23.2 Å². The van der Waals surface area contributed by atoms with E-state index in [4.69, 9.17) is 23.2 Å². The van der Waals surface area contributed by atoms with E-state index in [1.54, 1.807) is 6.07 Å². The normalized spacial score (nSPS) is 12.3. The quantitative estimate of drug-likeness (QED) is 0.765. The molecule has 15 heavy (non-hydrogen) atoms. The Hall–Kier alpha value is -0.800. The van der Waals surface area contributed by atoms with Crippen molar-refractivity contribution in [2.24, 2.45) is 0 Å². The summed E-state index contributed by atoms with van der Waals surface area (Å²) < 4.78 is 16.5. The number of carbonyl (C=O) groups is 1. The summed E-state index contributed by atoms with van der Waals surface area (Å²) in [5.41, 5.74) is 0.497. The van der Waals surface area contributed by atoms with Crippen LogP contribution in [0.3, 0.4) is 0 Å². The standard InChI is InChI=1S/C10H9Cl2FO2/c1-6(14)10(12)8-3-2-7(15-5-13)4-9(8)11/h2-4,10H,5H2,1H3. The van der Waals surface area contributed by atoms with E-state index in [9.17, 15) is 9.18 Å². The summed E-state index contributed by atoms with van der Waals surface area (Å²) in [6.07, 6.45) is 0. The van der Waals surface area contributed by atoms with Gasteiger partial charge in [0.2, 0.25) is 6.86 Å². The summed E-state index contributed by atoms with van der Waals surface area (Å²) in [6.45, 7) is 0.451. The molecule has 1 aromatic carbocycles. The first-order valence-electron chi connectivity index (χ1n) is 4.19. The predicted octanol–water partition coefficient (Wildman–Crippen LogP) is 3.51. The number of hydrogen-bond donors (Lipinski definition) is 0. The Balaban J connectivity index is 2.97. The van der Waals surface area contributed by atoms with Crippen molar-refractivity contribution in [3.05, 3.63) is 28.8 Å². The Bertz CT molecular complexity index is 368. The number of hydrogen-bond acceptors (Lipinski definition) is 2. The molecule has 5 heteroatoms. The maximum Gasteiger partial charge on any atom is 0.228 e. The summed E-state index contributed by atoms with van der Waals surface area (Å²) >= 11 is 11.7. The second-order valence-corrected chi connectivity index (χ2v) is 3.75. The van der Waals surface area contributed by atoms with Crippen molar-refractivity contribution >= 4 is 29.0 Å². The van der Waals surface area contributed by atoms with Crippen LogP contribution in [0.5, 0.6) is 5.75 Å². The Morgan fingerprint density at radius 1 is 1.60 bits per heavy atom. The molecule has 0 N–H and O–H groups in total. The van der Waals surface area contributed by atoms with Gasteiger partial charge < -0.3 is 4.74 Å². The molecule has 2 nitrogen and oxygen atoms in total. The first-order valence-corrected chi connectivity index (χ1v) is 5.00. The smallest absolute Gasteiger partial charge is 0.228 e. The zero-order valence-corrected chi connectivity index (χ0v) is 9.48. The van der Waals surface area contributed by atoms with Crippen LogP contribution < -0.4 is 4.74 Å². The van der Waals surface area contributed by atoms with Crippen molar-refractivity contribution in [1.82, 2.24) is 0 Å². The topological polar surface area (TPSA) is 26.3 Å². The number of alkyl halides is 2. The average Bonchev–Trinajstić information content (AvgIpc) is 2.17. The largest absolute Gasteiger partial charge is 0.463 e. The summed E-state index contributed by atoms with van der Waals surface area (Å²) in [4.78, 5) is 11.0. The van der Waals surface area contributed by atoms with Crippen molar-refractivity contribution in [1.29, 1.82) is 0 Å². The van der Waals surface area contributed by atoms with Gasteiger partial charge in [0.25, 0.3) is 0 Å². The predicted molar refractivity (Wildman–Crippen MR) is 57.3 cm³/mol. The molecule has 0 aliphatic carbocycles. The Morgan fingerprint density at radius 2 is 2.27 bits per heavy atom. The number of carbonyl (C=O) groups excluding carboxylic acids is 1. The van der Waals surface area contributed by atoms with Gasteiger partial charge in [-0.3, -0.25) is 4.79 Å². The molecule has 0 aliphatic rings. The lowest BCUT2D eigenvalue weighted by Crippen LogP contribution is -2.02. The van der Waals surface area contributed by atoms with E-state index >= 15 is 0 Å². The first kappa shape index (κ1) is 12.3. The average molecular weight is 251 g/mol. The van der Waals surface area contributed by atoms with E-state index in [-0.39, 0.29) is 10.8 Å². The number of halogens is 3. The van der Waals surface area contributed by atoms with Gasteiger partial charge in [0.15, 0.2) is 5.78 Å². The van der Waals surface area contributed by atoms with Gasteiger partial charge in [0.05, 0.1) is 0 Å². The molecule has 0 heterocycles. The molecule has 0 bridgehead atoms. The molecule has 0 spiro atoms. The van der Waals surface area contributed by atoms with Crippen LogP contribution in [0.4, 0.5) is 4.39 Å². The molecule has 0 radical (unpaired) electrons. The van der Waals surface area contributed by atoms with Crippen molar-refractivity contribution in [3.63, 3.8) is 0 Å². The van der Waals surface area contributed by atoms with Crippen LogP contribution in [0.2, 0.25) is 5.02 Å². The van der Waals surface area contributed by atoms with Crippen LogP contribution in [-0.4, -0.2) is 12.6 Å². The number of Topliss-reactive ketones (excluding diaryl/α,β-unsaturated/α-hetero) is 1. The third-order valence-electron chi connectivity index (χ3n) is 1.82. The van der Waals surface area contributed by atoms with Gasteiger partial charge in [0, 0.05) is 5.02 Å². The third kappa shape index (κ3) is 3.08. The van der Waals surface area contributed by atoms with Gasteiger partial charge in [-0.25, -0.2) is 4.39 Å². The van der Waals surface area contributed by atoms with E-state index in [1.165, 1.54) is 19.1 Å². The Kier molecular flexibility index (Phi) is 4.36. The first-order chi connectivity index (χ1) is 7.06. The summed E-state index contributed by atoms with van der Waals surface area (Å²) in [5, 5.41) is -0.493. The van der Waals surface area contributed by atoms with Crippen molar-refractivity contribution in [3.8, 4) is 5.75 Å². The lowest BCUT2D eigenvalue weighted by Gasteiger charge is -2.09. The van der Waals surface area contributed by atoms with Gasteiger partial charge >= 0.3 is 0 Å². The van der Waals surface area contributed by atoms with Gasteiger partial charge in [-0.1, -0.05) is 17.7 Å². The molecule has 0 amide bonds. The van der Waals surface area contributed by atoms with Crippen molar-refractivity contribution in [2.45, 2.75) is 12.3 Å². The number of rotatable bonds is 4. The second-order valence-electron chi connectivity index (χ2n) is 2.91. The van der Waals surface area contributed by atoms with Crippen LogP contribution in [-0.2, 0) is 4.79 Å². The van der Waals surface area contributed by atoms with E-state index in [1.807, 2.05) is 0 Å². The van der Waals surface area contributed by atoms with Gasteiger partial charge in [-0.05, 0) is 24.6 Å². The van der Waals surface area contributed by atoms with E-state index in [2.05, 4.69) is 4.74 Å². The van der Waals surface area contributed by atoms with Gasteiger partial charge in [0.1, 0.15) is 11.1 Å². The van der Waals surface area contributed by atoms with Gasteiger partial charge in [-0.2, -0.15) is 0 Å². The Labute approximate surface area is 96.9 Å². The lowest BCUT2D eigenvalue weighted by molar-refractivity contribution is -0.116. The summed E-state index contributed by atoms with van der Waals surface area (Å²) in [6, 6.07) is 4.49. The van der Waals surface area contributed by atoms with E-state index in [0.29, 0.717) is 11.3 Å². The molecular weight excluding hydrogens is 242 g/mol. The number of benzene rings is 1. The maximum atomic E-state index is 11.9. The van der Waals surface area contributed by atoms with Crippen LogP contribution in [0.25, 0.3) is 0 Å². The monoisotopic (exact) mass is 250 g/mol. The second kappa shape index (κ2) is 5.33. The molecule has 1 atom stereocenters. The highest BCUT2D eigenvalue weighted by Gasteiger charge is 2.16. The lowest BCUT2D eigenvalue weighted by atomic mass is 10.1. The zero-order chi connectivity index (χ0) is 11.4. The molecule has 1 unspecified atom stereocenters. The molecule has 0 fully saturated rings. The van der Waals surface area contributed by atoms with Crippen molar-refractivity contribution in [2.75, 3.05) is 6.86 Å². The molecule has 1 rings (SSSR count). The SMILES string of the molecule is CC(=O)C(Cl)c1ccc(OCF)cc1Cl. The van der Waals surface area contributed by atoms with Gasteiger partial charge in [-0.15, -0.1) is 11.6 Å². The zero-order valence-electron chi connectivity index (χ0n) is 7.97. The minimum atomic E-state index is -0.924. The van der Waals surface area contributed by atoms with Crippen LogP contribution in [0.1, 0.15) is 17.9 Å². The highest BCUT2D eigenvalue weighted by Crippen LogP contribution is 2.31. The highest BCUT2D eigenvalue weighted by molar-refractivity contribution is 6.35. The van der Waals surface area contributed by atoms with Crippen LogP contribution in [0, 0.1) is 0 Å². The molecule has 0 saturated heterocycles. The fraction of sp³-hybridized carbons (Fsp3) is 0.300. The fourth-order valence-electron chi connectivity index (χ4n) is 1.09. The molecule has 0 aliphatic heterocycles. The number of ketones is 1. The van der Waals surface area contributed by atoms with E-state index < -0.39 is 12.2 Å².